The summed E-state index contributed by atoms with van der Waals surface area (Å²) in [5.74, 6) is 0.600. The van der Waals surface area contributed by atoms with Crippen molar-refractivity contribution in [1.29, 1.82) is 0 Å². The maximum absolute atomic E-state index is 13.0. The van der Waals surface area contributed by atoms with Crippen molar-refractivity contribution in [3.8, 4) is 0 Å². The molecular weight excluding hydrogens is 372 g/mol. The van der Waals surface area contributed by atoms with Gasteiger partial charge in [0, 0.05) is 23.9 Å². The molecule has 5 heteroatoms. The molecule has 0 unspecified atom stereocenters. The molecule has 3 aromatic rings. The summed E-state index contributed by atoms with van der Waals surface area (Å²) in [4.78, 5) is 21.0. The minimum atomic E-state index is -0.0678. The highest BCUT2D eigenvalue weighted by atomic mass is 32.2. The molecule has 1 fully saturated rings. The molecule has 4 rings (SSSR count). The van der Waals surface area contributed by atoms with Crippen LogP contribution >= 0.6 is 23.1 Å². The second kappa shape index (κ2) is 8.03. The number of fused-ring (bicyclic) bond motifs is 1. The third-order valence-electron chi connectivity index (χ3n) is 5.07. The lowest BCUT2D eigenvalue weighted by Gasteiger charge is -2.33. The number of carbonyl (C=O) groups excluding carboxylic acids is 1. The van der Waals surface area contributed by atoms with Crippen molar-refractivity contribution in [1.82, 2.24) is 9.88 Å². The summed E-state index contributed by atoms with van der Waals surface area (Å²) in [6.07, 6.45) is 2.16. The smallest absolute Gasteiger partial charge is 0.235 e. The zero-order valence-electron chi connectivity index (χ0n) is 15.7. The Morgan fingerprint density at radius 2 is 2.00 bits per heavy atom. The number of likely N-dealkylation sites (tertiary alicyclic amines) is 1. The van der Waals surface area contributed by atoms with Gasteiger partial charge in [-0.1, -0.05) is 29.8 Å². The first kappa shape index (κ1) is 18.5. The average molecular weight is 397 g/mol. The predicted molar refractivity (Wildman–Crippen MR) is 115 cm³/mol. The van der Waals surface area contributed by atoms with Gasteiger partial charge in [-0.3, -0.25) is 4.79 Å². The Bertz CT molecular complexity index is 902. The largest absolute Gasteiger partial charge is 0.341 e. The number of aromatic nitrogens is 1. The molecule has 27 heavy (non-hydrogen) atoms. The number of para-hydroxylation sites is 1. The molecule has 1 aromatic heterocycles. The molecule has 2 heterocycles. The molecule has 140 valence electrons. The summed E-state index contributed by atoms with van der Waals surface area (Å²) < 4.78 is 1.24. The van der Waals surface area contributed by atoms with Crippen LogP contribution in [0.25, 0.3) is 10.2 Å². The first-order chi connectivity index (χ1) is 13.1. The first-order valence-electron chi connectivity index (χ1n) is 9.48. The summed E-state index contributed by atoms with van der Waals surface area (Å²) in [6, 6.07) is 16.7. The van der Waals surface area contributed by atoms with Gasteiger partial charge in [0.1, 0.15) is 0 Å². The summed E-state index contributed by atoms with van der Waals surface area (Å²) in [5, 5.41) is 1.11. The molecule has 2 aromatic carbocycles. The monoisotopic (exact) mass is 396 g/mol. The van der Waals surface area contributed by atoms with Gasteiger partial charge in [0.25, 0.3) is 0 Å². The first-order valence-corrected chi connectivity index (χ1v) is 11.2. The number of thiazole rings is 1. The third kappa shape index (κ3) is 4.19. The lowest BCUT2D eigenvalue weighted by molar-refractivity contribution is -0.131. The SMILES string of the molecule is Cc1ccc(S[C@@H](C)C(=O)N2CCC[C@@H](c3nc4ccccc4s3)C2)cc1. The van der Waals surface area contributed by atoms with E-state index in [1.807, 2.05) is 17.9 Å². The van der Waals surface area contributed by atoms with Gasteiger partial charge in [0.15, 0.2) is 0 Å². The van der Waals surface area contributed by atoms with Crippen molar-refractivity contribution in [2.45, 2.75) is 42.8 Å². The number of carbonyl (C=O) groups is 1. The number of thioether (sulfide) groups is 1. The lowest BCUT2D eigenvalue weighted by Crippen LogP contribution is -2.42. The molecular formula is C22H24N2OS2. The number of piperidine rings is 1. The minimum absolute atomic E-state index is 0.0678. The van der Waals surface area contributed by atoms with Gasteiger partial charge in [-0.25, -0.2) is 4.98 Å². The van der Waals surface area contributed by atoms with Crippen LogP contribution < -0.4 is 0 Å². The van der Waals surface area contributed by atoms with Gasteiger partial charge in [-0.15, -0.1) is 23.1 Å². The normalized spacial score (nSPS) is 18.6. The van der Waals surface area contributed by atoms with E-state index in [9.17, 15) is 4.79 Å². The fourth-order valence-corrected chi connectivity index (χ4v) is 5.62. The van der Waals surface area contributed by atoms with Gasteiger partial charge in [0.2, 0.25) is 5.91 Å². The molecule has 1 aliphatic rings. The fourth-order valence-electron chi connectivity index (χ4n) is 3.57. The van der Waals surface area contributed by atoms with Crippen LogP contribution in [0.5, 0.6) is 0 Å². The molecule has 2 atom stereocenters. The van der Waals surface area contributed by atoms with Crippen molar-refractivity contribution < 1.29 is 4.79 Å². The summed E-state index contributed by atoms with van der Waals surface area (Å²) in [6.45, 7) is 5.75. The topological polar surface area (TPSA) is 33.2 Å². The predicted octanol–water partition coefficient (Wildman–Crippen LogP) is 5.49. The molecule has 0 radical (unpaired) electrons. The molecule has 0 aliphatic carbocycles. The van der Waals surface area contributed by atoms with Gasteiger partial charge in [-0.05, 0) is 51.0 Å². The number of nitrogens with zero attached hydrogens (tertiary/aromatic N) is 2. The number of hydrogen-bond acceptors (Lipinski definition) is 4. The number of benzene rings is 2. The average Bonchev–Trinajstić information content (AvgIpc) is 3.13. The number of rotatable bonds is 4. The Hall–Kier alpha value is -1.85. The Kier molecular flexibility index (Phi) is 5.50. The Morgan fingerprint density at radius 3 is 2.78 bits per heavy atom. The van der Waals surface area contributed by atoms with Gasteiger partial charge in [0.05, 0.1) is 20.5 Å². The van der Waals surface area contributed by atoms with Crippen LogP contribution in [-0.2, 0) is 4.79 Å². The quantitative estimate of drug-likeness (QED) is 0.547. The standard InChI is InChI=1S/C22H24N2OS2/c1-15-9-11-18(12-10-15)26-16(2)22(25)24-13-5-6-17(14-24)21-23-19-7-3-4-8-20(19)27-21/h3-4,7-12,16-17H,5-6,13-14H2,1-2H3/t16-,17+/m0/s1. The van der Waals surface area contributed by atoms with Crippen molar-refractivity contribution in [2.75, 3.05) is 13.1 Å². The minimum Gasteiger partial charge on any atom is -0.341 e. The van der Waals surface area contributed by atoms with E-state index in [4.69, 9.17) is 4.98 Å². The van der Waals surface area contributed by atoms with E-state index in [1.54, 1.807) is 23.1 Å². The number of aryl methyl sites for hydroxylation is 1. The molecule has 1 aliphatic heterocycles. The van der Waals surface area contributed by atoms with E-state index >= 15 is 0 Å². The molecule has 1 saturated heterocycles. The maximum Gasteiger partial charge on any atom is 0.235 e. The van der Waals surface area contributed by atoms with Crippen molar-refractivity contribution in [3.63, 3.8) is 0 Å². The second-order valence-electron chi connectivity index (χ2n) is 7.22. The molecule has 3 nitrogen and oxygen atoms in total. The zero-order valence-corrected chi connectivity index (χ0v) is 17.4. The fraction of sp³-hybridized carbons (Fsp3) is 0.364. The van der Waals surface area contributed by atoms with Crippen LogP contribution in [0.3, 0.4) is 0 Å². The molecule has 0 saturated carbocycles. The van der Waals surface area contributed by atoms with E-state index in [0.29, 0.717) is 5.92 Å². The van der Waals surface area contributed by atoms with Crippen molar-refractivity contribution in [2.24, 2.45) is 0 Å². The second-order valence-corrected chi connectivity index (χ2v) is 9.69. The van der Waals surface area contributed by atoms with Crippen molar-refractivity contribution in [3.05, 3.63) is 59.1 Å². The van der Waals surface area contributed by atoms with E-state index in [2.05, 4.69) is 49.4 Å². The number of hydrogen-bond donors (Lipinski definition) is 0. The summed E-state index contributed by atoms with van der Waals surface area (Å²) in [5.41, 5.74) is 2.32. The Balaban J connectivity index is 1.43. The van der Waals surface area contributed by atoms with Crippen LogP contribution in [-0.4, -0.2) is 34.1 Å². The van der Waals surface area contributed by atoms with Gasteiger partial charge < -0.3 is 4.90 Å². The third-order valence-corrected chi connectivity index (χ3v) is 7.37. The molecule has 0 N–H and O–H groups in total. The van der Waals surface area contributed by atoms with Crippen LogP contribution in [0.2, 0.25) is 0 Å². The van der Waals surface area contributed by atoms with Crippen LogP contribution in [0.4, 0.5) is 0 Å². The Morgan fingerprint density at radius 1 is 1.22 bits per heavy atom. The Labute approximate surface area is 168 Å². The molecule has 0 spiro atoms. The molecule has 1 amide bonds. The van der Waals surface area contributed by atoms with Crippen molar-refractivity contribution >= 4 is 39.2 Å². The maximum atomic E-state index is 13.0. The zero-order chi connectivity index (χ0) is 18.8. The van der Waals surface area contributed by atoms with E-state index in [1.165, 1.54) is 15.3 Å². The highest BCUT2D eigenvalue weighted by Crippen LogP contribution is 2.34. The highest BCUT2D eigenvalue weighted by molar-refractivity contribution is 8.00. The van der Waals surface area contributed by atoms with Gasteiger partial charge in [-0.2, -0.15) is 0 Å². The van der Waals surface area contributed by atoms with Crippen LogP contribution in [0.15, 0.2) is 53.4 Å². The summed E-state index contributed by atoms with van der Waals surface area (Å²) >= 11 is 3.43. The van der Waals surface area contributed by atoms with Gasteiger partial charge >= 0.3 is 0 Å². The van der Waals surface area contributed by atoms with E-state index in [-0.39, 0.29) is 11.2 Å². The van der Waals surface area contributed by atoms with E-state index < -0.39 is 0 Å². The van der Waals surface area contributed by atoms with Crippen LogP contribution in [0, 0.1) is 6.92 Å². The van der Waals surface area contributed by atoms with E-state index in [0.717, 1.165) is 36.3 Å². The van der Waals surface area contributed by atoms with Crippen LogP contribution in [0.1, 0.15) is 36.3 Å². The lowest BCUT2D eigenvalue weighted by atomic mass is 9.98. The number of amides is 1. The molecule has 0 bridgehead atoms. The highest BCUT2D eigenvalue weighted by Gasteiger charge is 2.29. The summed E-state index contributed by atoms with van der Waals surface area (Å²) in [7, 11) is 0.